The first-order valence-electron chi connectivity index (χ1n) is 6.21. The summed E-state index contributed by atoms with van der Waals surface area (Å²) in [6.45, 7) is 2.85. The maximum Gasteiger partial charge on any atom is 0.292 e. The molecule has 19 heavy (non-hydrogen) atoms. The van der Waals surface area contributed by atoms with Gasteiger partial charge in [0.2, 0.25) is 0 Å². The van der Waals surface area contributed by atoms with Crippen molar-refractivity contribution in [3.63, 3.8) is 0 Å². The van der Waals surface area contributed by atoms with E-state index < -0.39 is 4.92 Å². The van der Waals surface area contributed by atoms with Gasteiger partial charge in [-0.3, -0.25) is 15.0 Å². The fourth-order valence-electron chi connectivity index (χ4n) is 2.01. The van der Waals surface area contributed by atoms with Crippen molar-refractivity contribution in [1.82, 2.24) is 4.90 Å². The molecule has 0 aliphatic heterocycles. The Labute approximate surface area is 118 Å². The van der Waals surface area contributed by atoms with Crippen LogP contribution in [-0.2, 0) is 6.54 Å². The van der Waals surface area contributed by atoms with Gasteiger partial charge < -0.3 is 5.73 Å². The molecular formula is C13H21N3O2S. The normalized spacial score (nSPS) is 12.6. The summed E-state index contributed by atoms with van der Waals surface area (Å²) in [5, 5.41) is 10.9. The average Bonchev–Trinajstić information content (AvgIpc) is 2.37. The third-order valence-electron chi connectivity index (χ3n) is 3.18. The monoisotopic (exact) mass is 283 g/mol. The van der Waals surface area contributed by atoms with E-state index in [1.807, 2.05) is 24.9 Å². The van der Waals surface area contributed by atoms with Gasteiger partial charge in [0.15, 0.2) is 0 Å². The number of nitro benzene ring substituents is 1. The molecule has 106 valence electrons. The Morgan fingerprint density at radius 1 is 1.53 bits per heavy atom. The number of nitrogen functional groups attached to an aromatic ring is 1. The summed E-state index contributed by atoms with van der Waals surface area (Å²) in [5.74, 6) is 1.06. The second-order valence-electron chi connectivity index (χ2n) is 4.58. The molecule has 0 spiro atoms. The number of benzene rings is 1. The predicted octanol–water partition coefficient (Wildman–Crippen LogP) is 2.75. The van der Waals surface area contributed by atoms with Gasteiger partial charge in [-0.05, 0) is 31.4 Å². The summed E-state index contributed by atoms with van der Waals surface area (Å²) in [5.41, 5.74) is 6.72. The van der Waals surface area contributed by atoms with Crippen LogP contribution in [0.15, 0.2) is 18.2 Å². The van der Waals surface area contributed by atoms with Crippen molar-refractivity contribution in [2.75, 3.05) is 24.8 Å². The summed E-state index contributed by atoms with van der Waals surface area (Å²) in [6, 6.07) is 5.51. The minimum atomic E-state index is -0.433. The molecular weight excluding hydrogens is 262 g/mol. The molecule has 0 aliphatic carbocycles. The summed E-state index contributed by atoms with van der Waals surface area (Å²) < 4.78 is 0. The maximum atomic E-state index is 10.9. The van der Waals surface area contributed by atoms with Gasteiger partial charge in [-0.15, -0.1) is 0 Å². The Hall–Kier alpha value is -1.27. The van der Waals surface area contributed by atoms with Crippen LogP contribution < -0.4 is 5.73 Å². The Morgan fingerprint density at radius 3 is 2.74 bits per heavy atom. The molecule has 0 saturated carbocycles. The Kier molecular flexibility index (Phi) is 6.11. The third-order valence-corrected chi connectivity index (χ3v) is 3.90. The molecule has 0 aliphatic rings. The number of thioether (sulfide) groups is 1. The zero-order chi connectivity index (χ0) is 14.4. The molecule has 0 radical (unpaired) electrons. The van der Waals surface area contributed by atoms with Crippen LogP contribution >= 0.6 is 11.8 Å². The number of hydrogen-bond acceptors (Lipinski definition) is 5. The molecule has 0 heterocycles. The van der Waals surface area contributed by atoms with Crippen molar-refractivity contribution in [2.45, 2.75) is 25.9 Å². The summed E-state index contributed by atoms with van der Waals surface area (Å²) in [4.78, 5) is 12.7. The van der Waals surface area contributed by atoms with Crippen LogP contribution in [0.2, 0.25) is 0 Å². The van der Waals surface area contributed by atoms with Gasteiger partial charge in [-0.1, -0.05) is 13.0 Å². The van der Waals surface area contributed by atoms with E-state index in [4.69, 9.17) is 5.73 Å². The number of anilines is 1. The standard InChI is InChI=1S/C13H21N3O2S/c1-4-11(9-19-3)15(2)8-10-5-6-12(14)13(7-10)16(17)18/h5-7,11H,4,8-9,14H2,1-3H3. The smallest absolute Gasteiger partial charge is 0.292 e. The van der Waals surface area contributed by atoms with E-state index >= 15 is 0 Å². The van der Waals surface area contributed by atoms with Crippen LogP contribution in [0.4, 0.5) is 11.4 Å². The van der Waals surface area contributed by atoms with Gasteiger partial charge in [0.25, 0.3) is 5.69 Å². The highest BCUT2D eigenvalue weighted by atomic mass is 32.2. The lowest BCUT2D eigenvalue weighted by molar-refractivity contribution is -0.384. The van der Waals surface area contributed by atoms with E-state index in [0.717, 1.165) is 17.7 Å². The number of rotatable bonds is 7. The van der Waals surface area contributed by atoms with Crippen molar-refractivity contribution >= 4 is 23.1 Å². The van der Waals surface area contributed by atoms with Crippen molar-refractivity contribution < 1.29 is 4.92 Å². The molecule has 1 atom stereocenters. The van der Waals surface area contributed by atoms with Gasteiger partial charge in [0.1, 0.15) is 5.69 Å². The number of nitrogens with two attached hydrogens (primary N) is 1. The van der Waals surface area contributed by atoms with Crippen molar-refractivity contribution in [3.05, 3.63) is 33.9 Å². The van der Waals surface area contributed by atoms with Gasteiger partial charge in [0, 0.05) is 24.4 Å². The summed E-state index contributed by atoms with van der Waals surface area (Å²) in [7, 11) is 2.05. The van der Waals surface area contributed by atoms with E-state index in [2.05, 4.69) is 18.1 Å². The highest BCUT2D eigenvalue weighted by Gasteiger charge is 2.16. The molecule has 1 unspecified atom stereocenters. The van der Waals surface area contributed by atoms with Crippen LogP contribution in [0.25, 0.3) is 0 Å². The van der Waals surface area contributed by atoms with E-state index in [1.54, 1.807) is 12.1 Å². The van der Waals surface area contributed by atoms with Crippen molar-refractivity contribution in [2.24, 2.45) is 0 Å². The van der Waals surface area contributed by atoms with Gasteiger partial charge >= 0.3 is 0 Å². The van der Waals surface area contributed by atoms with Crippen LogP contribution in [0, 0.1) is 10.1 Å². The molecule has 0 bridgehead atoms. The van der Waals surface area contributed by atoms with E-state index in [9.17, 15) is 10.1 Å². The maximum absolute atomic E-state index is 10.9. The minimum absolute atomic E-state index is 0.0104. The zero-order valence-corrected chi connectivity index (χ0v) is 12.4. The topological polar surface area (TPSA) is 72.4 Å². The minimum Gasteiger partial charge on any atom is -0.393 e. The van der Waals surface area contributed by atoms with E-state index in [0.29, 0.717) is 12.6 Å². The van der Waals surface area contributed by atoms with Crippen LogP contribution in [0.3, 0.4) is 0 Å². The molecule has 1 aromatic carbocycles. The predicted molar refractivity (Wildman–Crippen MR) is 81.4 cm³/mol. The number of nitro groups is 1. The Morgan fingerprint density at radius 2 is 2.21 bits per heavy atom. The quantitative estimate of drug-likeness (QED) is 0.473. The number of hydrogen-bond donors (Lipinski definition) is 1. The number of nitrogens with zero attached hydrogens (tertiary/aromatic N) is 2. The SMILES string of the molecule is CCC(CSC)N(C)Cc1ccc(N)c([N+](=O)[O-])c1. The lowest BCUT2D eigenvalue weighted by Crippen LogP contribution is -2.32. The first-order chi connectivity index (χ1) is 8.99. The average molecular weight is 283 g/mol. The Balaban J connectivity index is 2.81. The molecule has 1 aromatic rings. The summed E-state index contributed by atoms with van der Waals surface area (Å²) >= 11 is 1.81. The molecule has 0 amide bonds. The highest BCUT2D eigenvalue weighted by Crippen LogP contribution is 2.23. The molecule has 6 heteroatoms. The van der Waals surface area contributed by atoms with Gasteiger partial charge in [0.05, 0.1) is 4.92 Å². The van der Waals surface area contributed by atoms with E-state index in [1.165, 1.54) is 0 Å². The highest BCUT2D eigenvalue weighted by molar-refractivity contribution is 7.98. The molecule has 2 N–H and O–H groups in total. The van der Waals surface area contributed by atoms with Crippen LogP contribution in [-0.4, -0.2) is 34.9 Å². The van der Waals surface area contributed by atoms with Crippen LogP contribution in [0.5, 0.6) is 0 Å². The first kappa shape index (κ1) is 15.8. The zero-order valence-electron chi connectivity index (χ0n) is 11.6. The van der Waals surface area contributed by atoms with Crippen molar-refractivity contribution in [3.8, 4) is 0 Å². The molecule has 5 nitrogen and oxygen atoms in total. The second kappa shape index (κ2) is 7.35. The molecule has 0 aromatic heterocycles. The fourth-order valence-corrected chi connectivity index (χ4v) is 2.89. The molecule has 0 fully saturated rings. The van der Waals surface area contributed by atoms with Gasteiger partial charge in [-0.2, -0.15) is 11.8 Å². The van der Waals surface area contributed by atoms with E-state index in [-0.39, 0.29) is 11.4 Å². The Bertz CT molecular complexity index is 440. The fraction of sp³-hybridized carbons (Fsp3) is 0.538. The molecule has 0 saturated heterocycles. The molecule has 1 rings (SSSR count). The van der Waals surface area contributed by atoms with Gasteiger partial charge in [-0.25, -0.2) is 0 Å². The first-order valence-corrected chi connectivity index (χ1v) is 7.61. The van der Waals surface area contributed by atoms with Crippen LogP contribution in [0.1, 0.15) is 18.9 Å². The lowest BCUT2D eigenvalue weighted by Gasteiger charge is -2.26. The lowest BCUT2D eigenvalue weighted by atomic mass is 10.1. The second-order valence-corrected chi connectivity index (χ2v) is 5.49. The summed E-state index contributed by atoms with van der Waals surface area (Å²) in [6.07, 6.45) is 3.15. The largest absolute Gasteiger partial charge is 0.393 e. The third kappa shape index (κ3) is 4.40. The van der Waals surface area contributed by atoms with Crippen molar-refractivity contribution in [1.29, 1.82) is 0 Å².